The van der Waals surface area contributed by atoms with Crippen molar-refractivity contribution in [3.63, 3.8) is 0 Å². The van der Waals surface area contributed by atoms with E-state index >= 15 is 0 Å². The molecule has 3 heterocycles. The number of likely N-dealkylation sites (tertiary alicyclic amines) is 1. The Morgan fingerprint density at radius 1 is 1.35 bits per heavy atom. The number of nitrogens with one attached hydrogen (secondary N) is 1. The van der Waals surface area contributed by atoms with Gasteiger partial charge in [0.2, 0.25) is 0 Å². The van der Waals surface area contributed by atoms with Gasteiger partial charge in [-0.25, -0.2) is 4.98 Å². The highest BCUT2D eigenvalue weighted by molar-refractivity contribution is 7.15. The maximum atomic E-state index is 5.17. The molecule has 0 spiro atoms. The molecule has 3 rings (SSSR count). The molecular formula is C17H24N4OS. The lowest BCUT2D eigenvalue weighted by Crippen LogP contribution is -2.35. The van der Waals surface area contributed by atoms with Crippen molar-refractivity contribution < 1.29 is 4.74 Å². The molecule has 1 unspecified atom stereocenters. The predicted molar refractivity (Wildman–Crippen MR) is 94.2 cm³/mol. The van der Waals surface area contributed by atoms with Crippen molar-refractivity contribution in [1.82, 2.24) is 14.9 Å². The third-order valence-corrected chi connectivity index (χ3v) is 5.28. The summed E-state index contributed by atoms with van der Waals surface area (Å²) in [6.45, 7) is 3.33. The number of methoxy groups -OCH3 is 1. The molecule has 124 valence electrons. The van der Waals surface area contributed by atoms with Crippen molar-refractivity contribution in [3.8, 4) is 5.75 Å². The largest absolute Gasteiger partial charge is 0.495 e. The lowest BCUT2D eigenvalue weighted by Gasteiger charge is -2.32. The molecule has 6 heteroatoms. The van der Waals surface area contributed by atoms with Crippen molar-refractivity contribution in [2.45, 2.75) is 25.8 Å². The number of hydrogen-bond donors (Lipinski definition) is 1. The van der Waals surface area contributed by atoms with E-state index in [0.717, 1.165) is 36.1 Å². The Hall–Kier alpha value is -1.66. The van der Waals surface area contributed by atoms with Gasteiger partial charge in [0.25, 0.3) is 0 Å². The number of thiazole rings is 1. The first-order valence-electron chi connectivity index (χ1n) is 8.10. The van der Waals surface area contributed by atoms with Crippen LogP contribution in [0, 0.1) is 5.92 Å². The Morgan fingerprint density at radius 3 is 2.96 bits per heavy atom. The van der Waals surface area contributed by atoms with Crippen LogP contribution in [0.3, 0.4) is 0 Å². The summed E-state index contributed by atoms with van der Waals surface area (Å²) in [5.74, 6) is 1.51. The fourth-order valence-electron chi connectivity index (χ4n) is 3.13. The van der Waals surface area contributed by atoms with Crippen molar-refractivity contribution in [1.29, 1.82) is 0 Å². The van der Waals surface area contributed by atoms with Crippen LogP contribution < -0.4 is 10.1 Å². The molecule has 0 aromatic carbocycles. The number of hydrogen-bond acceptors (Lipinski definition) is 6. The van der Waals surface area contributed by atoms with Crippen molar-refractivity contribution >= 4 is 16.5 Å². The van der Waals surface area contributed by atoms with Crippen LogP contribution in [0.25, 0.3) is 0 Å². The molecule has 1 fully saturated rings. The lowest BCUT2D eigenvalue weighted by atomic mass is 9.93. The minimum Gasteiger partial charge on any atom is -0.495 e. The number of rotatable bonds is 6. The summed E-state index contributed by atoms with van der Waals surface area (Å²) in [5.41, 5.74) is 1.16. The van der Waals surface area contributed by atoms with Crippen molar-refractivity contribution in [3.05, 3.63) is 35.1 Å². The topological polar surface area (TPSA) is 50.3 Å². The zero-order chi connectivity index (χ0) is 16.1. The molecule has 0 amide bonds. The summed E-state index contributed by atoms with van der Waals surface area (Å²) < 4.78 is 5.17. The van der Waals surface area contributed by atoms with Gasteiger partial charge >= 0.3 is 0 Å². The first-order chi connectivity index (χ1) is 11.3. The van der Waals surface area contributed by atoms with E-state index in [1.54, 1.807) is 18.4 Å². The quantitative estimate of drug-likeness (QED) is 0.881. The average Bonchev–Trinajstić information content (AvgIpc) is 3.03. The normalized spacial score (nSPS) is 18.8. The van der Waals surface area contributed by atoms with Gasteiger partial charge in [-0.3, -0.25) is 9.88 Å². The van der Waals surface area contributed by atoms with E-state index in [-0.39, 0.29) is 0 Å². The minimum absolute atomic E-state index is 0.682. The summed E-state index contributed by atoms with van der Waals surface area (Å²) in [6.07, 6.45) is 7.40. The van der Waals surface area contributed by atoms with Gasteiger partial charge in [-0.1, -0.05) is 0 Å². The highest BCUT2D eigenvalue weighted by atomic mass is 32.1. The van der Waals surface area contributed by atoms with Gasteiger partial charge in [0.05, 0.1) is 13.3 Å². The fraction of sp³-hybridized carbons (Fsp3) is 0.529. The zero-order valence-corrected chi connectivity index (χ0v) is 14.6. The highest BCUT2D eigenvalue weighted by Crippen LogP contribution is 2.25. The second-order valence-electron chi connectivity index (χ2n) is 6.02. The Morgan fingerprint density at radius 2 is 2.26 bits per heavy atom. The summed E-state index contributed by atoms with van der Waals surface area (Å²) in [7, 11) is 3.59. The van der Waals surface area contributed by atoms with E-state index in [1.165, 1.54) is 24.3 Å². The molecule has 2 aromatic heterocycles. The van der Waals surface area contributed by atoms with Crippen LogP contribution in [-0.4, -0.2) is 42.1 Å². The van der Waals surface area contributed by atoms with Crippen LogP contribution in [0.15, 0.2) is 24.5 Å². The van der Waals surface area contributed by atoms with Gasteiger partial charge in [-0.15, -0.1) is 11.3 Å². The molecule has 1 atom stereocenters. The van der Waals surface area contributed by atoms with Crippen LogP contribution >= 0.6 is 11.3 Å². The van der Waals surface area contributed by atoms with Crippen molar-refractivity contribution in [2.75, 3.05) is 32.6 Å². The third-order valence-electron chi connectivity index (χ3n) is 4.28. The lowest BCUT2D eigenvalue weighted by molar-refractivity contribution is 0.167. The monoisotopic (exact) mass is 332 g/mol. The van der Waals surface area contributed by atoms with Gasteiger partial charge in [0.1, 0.15) is 5.75 Å². The summed E-state index contributed by atoms with van der Waals surface area (Å²) in [4.78, 5) is 12.7. The predicted octanol–water partition coefficient (Wildman–Crippen LogP) is 3.04. The van der Waals surface area contributed by atoms with Crippen LogP contribution in [0.5, 0.6) is 5.75 Å². The number of anilines is 1. The molecule has 0 radical (unpaired) electrons. The maximum Gasteiger partial charge on any atom is 0.182 e. The minimum atomic E-state index is 0.682. The van der Waals surface area contributed by atoms with Crippen LogP contribution in [0.1, 0.15) is 23.4 Å². The molecule has 5 nitrogen and oxygen atoms in total. The summed E-state index contributed by atoms with van der Waals surface area (Å²) in [6, 6.07) is 4.08. The van der Waals surface area contributed by atoms with E-state index in [1.807, 2.05) is 25.5 Å². The molecule has 23 heavy (non-hydrogen) atoms. The maximum absolute atomic E-state index is 5.17. The first kappa shape index (κ1) is 16.2. The Labute approximate surface area is 141 Å². The van der Waals surface area contributed by atoms with Crippen LogP contribution in [-0.2, 0) is 13.0 Å². The van der Waals surface area contributed by atoms with Gasteiger partial charge < -0.3 is 10.1 Å². The molecule has 1 N–H and O–H groups in total. The Balaban J connectivity index is 1.54. The smallest absolute Gasteiger partial charge is 0.182 e. The summed E-state index contributed by atoms with van der Waals surface area (Å²) >= 11 is 1.75. The molecule has 1 aliphatic rings. The number of nitrogens with zero attached hydrogens (tertiary/aromatic N) is 3. The highest BCUT2D eigenvalue weighted by Gasteiger charge is 2.21. The fourth-order valence-corrected chi connectivity index (χ4v) is 3.93. The van der Waals surface area contributed by atoms with E-state index in [0.29, 0.717) is 5.92 Å². The second-order valence-corrected chi connectivity index (χ2v) is 7.13. The molecule has 2 aromatic rings. The standard InChI is InChI=1S/C17H24N4OS/c1-18-17-20-10-16(23-17)12-21-7-3-4-13(11-21)8-14-5-6-15(22-2)9-19-14/h5-6,9-10,13H,3-4,7-8,11-12H2,1-2H3,(H,18,20). The van der Waals surface area contributed by atoms with Crippen molar-refractivity contribution in [2.24, 2.45) is 5.92 Å². The number of pyridine rings is 1. The third kappa shape index (κ3) is 4.42. The molecule has 0 bridgehead atoms. The van der Waals surface area contributed by atoms with Gasteiger partial charge in [0, 0.05) is 36.9 Å². The number of piperidine rings is 1. The molecule has 1 aliphatic heterocycles. The first-order valence-corrected chi connectivity index (χ1v) is 8.92. The zero-order valence-electron chi connectivity index (χ0n) is 13.8. The number of ether oxygens (including phenoxy) is 1. The molecule has 0 saturated carbocycles. The van der Waals surface area contributed by atoms with Crippen LogP contribution in [0.2, 0.25) is 0 Å². The van der Waals surface area contributed by atoms with Crippen LogP contribution in [0.4, 0.5) is 5.13 Å². The van der Waals surface area contributed by atoms with E-state index in [2.05, 4.69) is 26.3 Å². The Bertz CT molecular complexity index is 613. The molecule has 0 aliphatic carbocycles. The van der Waals surface area contributed by atoms with E-state index in [4.69, 9.17) is 4.74 Å². The van der Waals surface area contributed by atoms with Gasteiger partial charge in [-0.2, -0.15) is 0 Å². The number of aromatic nitrogens is 2. The van der Waals surface area contributed by atoms with E-state index < -0.39 is 0 Å². The molecular weight excluding hydrogens is 308 g/mol. The second kappa shape index (κ2) is 7.75. The SMILES string of the molecule is CNc1ncc(CN2CCCC(Cc3ccc(OC)cn3)C2)s1. The molecule has 1 saturated heterocycles. The Kier molecular flexibility index (Phi) is 5.46. The average molecular weight is 332 g/mol. The van der Waals surface area contributed by atoms with Gasteiger partial charge in [0.15, 0.2) is 5.13 Å². The van der Waals surface area contributed by atoms with Gasteiger partial charge in [-0.05, 0) is 43.9 Å². The van der Waals surface area contributed by atoms with E-state index in [9.17, 15) is 0 Å². The summed E-state index contributed by atoms with van der Waals surface area (Å²) in [5, 5.41) is 4.10.